The van der Waals surface area contributed by atoms with Crippen molar-refractivity contribution in [2.45, 2.75) is 24.9 Å². The zero-order valence-corrected chi connectivity index (χ0v) is 25.6. The van der Waals surface area contributed by atoms with E-state index in [1.165, 1.54) is 38.9 Å². The number of benzene rings is 2. The first-order chi connectivity index (χ1) is 21.5. The number of methoxy groups -OCH3 is 2. The lowest BCUT2D eigenvalue weighted by Crippen LogP contribution is -2.58. The molecule has 1 aliphatic carbocycles. The van der Waals surface area contributed by atoms with Gasteiger partial charge in [-0.15, -0.1) is 0 Å². The Labute approximate surface area is 259 Å². The molecule has 0 bridgehead atoms. The SMILES string of the molecule is COc1cc(OC)c2c(c1Cl)O[C@@]1(C(=O)C3=C(C[C@H]1C)Nc1c(c(=O)n(C)c(=O)n1C)C3c1cc3ccccc3[nH]c1=O)C2=O. The number of H-pyrrole nitrogens is 1. The lowest BCUT2D eigenvalue weighted by Gasteiger charge is -2.42. The van der Waals surface area contributed by atoms with E-state index in [2.05, 4.69) is 10.3 Å². The zero-order chi connectivity index (χ0) is 32.1. The number of ether oxygens (including phenoxy) is 3. The molecule has 2 N–H and O–H groups in total. The van der Waals surface area contributed by atoms with Gasteiger partial charge in [-0.1, -0.05) is 36.7 Å². The lowest BCUT2D eigenvalue weighted by atomic mass is 9.66. The largest absolute Gasteiger partial charge is 0.496 e. The number of Topliss-reactive ketones (excluding diaryl/α,β-unsaturated/α-hetero) is 2. The third-order valence-electron chi connectivity index (χ3n) is 9.17. The number of rotatable bonds is 3. The van der Waals surface area contributed by atoms with E-state index in [-0.39, 0.29) is 56.8 Å². The number of carbonyl (C=O) groups excluding carboxylic acids is 2. The average molecular weight is 631 g/mol. The summed E-state index contributed by atoms with van der Waals surface area (Å²) in [5.74, 6) is -2.98. The molecule has 13 heteroatoms. The van der Waals surface area contributed by atoms with Gasteiger partial charge in [-0.05, 0) is 23.9 Å². The van der Waals surface area contributed by atoms with Gasteiger partial charge in [0.1, 0.15) is 27.9 Å². The molecule has 4 heterocycles. The monoisotopic (exact) mass is 630 g/mol. The predicted molar refractivity (Wildman–Crippen MR) is 165 cm³/mol. The van der Waals surface area contributed by atoms with Gasteiger partial charge in [0.2, 0.25) is 17.2 Å². The first-order valence-electron chi connectivity index (χ1n) is 14.1. The van der Waals surface area contributed by atoms with Crippen molar-refractivity contribution in [1.29, 1.82) is 0 Å². The van der Waals surface area contributed by atoms with E-state index in [0.717, 1.165) is 4.57 Å². The summed E-state index contributed by atoms with van der Waals surface area (Å²) >= 11 is 6.61. The number of carbonyl (C=O) groups is 2. The Bertz CT molecular complexity index is 2250. The summed E-state index contributed by atoms with van der Waals surface area (Å²) in [6, 6.07) is 10.2. The number of hydrogen-bond acceptors (Lipinski definition) is 9. The Hall–Kier alpha value is -5.10. The third kappa shape index (κ3) is 3.62. The molecule has 0 saturated heterocycles. The first kappa shape index (κ1) is 28.7. The minimum absolute atomic E-state index is 0.00295. The van der Waals surface area contributed by atoms with Crippen LogP contribution in [-0.4, -0.2) is 45.5 Å². The van der Waals surface area contributed by atoms with Crippen molar-refractivity contribution in [2.24, 2.45) is 20.0 Å². The second-order valence-corrected chi connectivity index (χ2v) is 11.8. The molecular formula is C32H27ClN4O8. The number of halogens is 1. The van der Waals surface area contributed by atoms with Crippen LogP contribution in [0.1, 0.15) is 40.7 Å². The lowest BCUT2D eigenvalue weighted by molar-refractivity contribution is -0.130. The molecular weight excluding hydrogens is 604 g/mol. The maximum atomic E-state index is 15.0. The van der Waals surface area contributed by atoms with Crippen molar-refractivity contribution in [3.63, 3.8) is 0 Å². The molecule has 0 saturated carbocycles. The first-order valence-corrected chi connectivity index (χ1v) is 14.5. The van der Waals surface area contributed by atoms with Crippen molar-refractivity contribution >= 4 is 39.9 Å². The Morgan fingerprint density at radius 2 is 1.69 bits per heavy atom. The second kappa shape index (κ2) is 9.70. The summed E-state index contributed by atoms with van der Waals surface area (Å²) in [5.41, 5.74) is -2.86. The number of aromatic nitrogens is 3. The molecule has 2 aliphatic heterocycles. The number of para-hydroxylation sites is 1. The van der Waals surface area contributed by atoms with E-state index in [4.69, 9.17) is 25.8 Å². The van der Waals surface area contributed by atoms with E-state index in [1.54, 1.807) is 37.3 Å². The summed E-state index contributed by atoms with van der Waals surface area (Å²) in [6.07, 6.45) is 0.0999. The number of pyridine rings is 1. The molecule has 3 aliphatic rings. The Kier molecular flexibility index (Phi) is 6.18. The fraction of sp³-hybridized carbons (Fsp3) is 0.281. The maximum Gasteiger partial charge on any atom is 0.332 e. The van der Waals surface area contributed by atoms with Crippen LogP contribution in [0, 0.1) is 5.92 Å². The van der Waals surface area contributed by atoms with Gasteiger partial charge in [0.05, 0.1) is 25.7 Å². The zero-order valence-electron chi connectivity index (χ0n) is 24.9. The number of hydrogen-bond donors (Lipinski definition) is 2. The van der Waals surface area contributed by atoms with Crippen LogP contribution in [0.3, 0.4) is 0 Å². The van der Waals surface area contributed by atoms with Crippen LogP contribution in [0.5, 0.6) is 17.2 Å². The van der Waals surface area contributed by atoms with Crippen LogP contribution in [0.4, 0.5) is 5.82 Å². The van der Waals surface area contributed by atoms with Crippen LogP contribution in [-0.2, 0) is 18.9 Å². The smallest absolute Gasteiger partial charge is 0.332 e. The van der Waals surface area contributed by atoms with Crippen LogP contribution in [0.25, 0.3) is 10.9 Å². The van der Waals surface area contributed by atoms with E-state index in [0.29, 0.717) is 16.6 Å². The minimum atomic E-state index is -2.09. The predicted octanol–water partition coefficient (Wildman–Crippen LogP) is 3.03. The normalized spacial score (nSPS) is 21.7. The average Bonchev–Trinajstić information content (AvgIpc) is 3.35. The van der Waals surface area contributed by atoms with Gasteiger partial charge >= 0.3 is 5.69 Å². The number of nitrogens with one attached hydrogen (secondary N) is 2. The highest BCUT2D eigenvalue weighted by molar-refractivity contribution is 6.36. The minimum Gasteiger partial charge on any atom is -0.496 e. The molecule has 12 nitrogen and oxygen atoms in total. The number of anilines is 1. The highest BCUT2D eigenvalue weighted by Gasteiger charge is 2.64. The fourth-order valence-corrected chi connectivity index (χ4v) is 7.14. The van der Waals surface area contributed by atoms with E-state index < -0.39 is 45.8 Å². The van der Waals surface area contributed by atoms with Gasteiger partial charge < -0.3 is 24.5 Å². The molecule has 4 aromatic rings. The molecule has 2 aromatic heterocycles. The molecule has 0 amide bonds. The Morgan fingerprint density at radius 3 is 2.40 bits per heavy atom. The number of nitrogens with zero attached hydrogens (tertiary/aromatic N) is 2. The number of fused-ring (bicyclic) bond motifs is 3. The Balaban J connectivity index is 1.52. The van der Waals surface area contributed by atoms with Crippen LogP contribution >= 0.6 is 11.6 Å². The maximum absolute atomic E-state index is 15.0. The standard InChI is InChI=1S/C32H27ClN4O8/c1-13-10-17-21(26(38)32(13)27(39)22-18(43-4)12-19(44-5)24(33)25(22)45-32)20(15-11-14-8-6-7-9-16(14)35-29(15)40)23-28(34-17)36(2)31(42)37(3)30(23)41/h6-9,11-13,20,34H,10H2,1-5H3,(H,35,40)/t13-,20?,32+/m1/s1. The second-order valence-electron chi connectivity index (χ2n) is 11.5. The van der Waals surface area contributed by atoms with Crippen LogP contribution in [0.2, 0.25) is 5.02 Å². The molecule has 1 spiro atoms. The fourth-order valence-electron chi connectivity index (χ4n) is 6.88. The van der Waals surface area contributed by atoms with Gasteiger partial charge in [-0.2, -0.15) is 0 Å². The molecule has 7 rings (SSSR count). The number of allylic oxidation sites excluding steroid dienone is 1. The highest BCUT2D eigenvalue weighted by Crippen LogP contribution is 2.56. The molecule has 230 valence electrons. The van der Waals surface area contributed by atoms with Crippen LogP contribution in [0.15, 0.2) is 62.1 Å². The highest BCUT2D eigenvalue weighted by atomic mass is 35.5. The number of ketones is 2. The summed E-state index contributed by atoms with van der Waals surface area (Å²) in [5, 5.41) is 3.80. The van der Waals surface area contributed by atoms with Crippen molar-refractivity contribution in [3.8, 4) is 17.2 Å². The van der Waals surface area contributed by atoms with Gasteiger partial charge in [0, 0.05) is 48.4 Å². The van der Waals surface area contributed by atoms with Gasteiger partial charge in [-0.25, -0.2) is 4.79 Å². The van der Waals surface area contributed by atoms with Crippen molar-refractivity contribution in [2.75, 3.05) is 19.5 Å². The van der Waals surface area contributed by atoms with Crippen molar-refractivity contribution in [3.05, 3.63) is 101 Å². The van der Waals surface area contributed by atoms with Gasteiger partial charge in [0.25, 0.3) is 11.1 Å². The molecule has 0 fully saturated rings. The van der Waals surface area contributed by atoms with E-state index in [9.17, 15) is 19.2 Å². The summed E-state index contributed by atoms with van der Waals surface area (Å²) in [7, 11) is 5.59. The molecule has 0 radical (unpaired) electrons. The summed E-state index contributed by atoms with van der Waals surface area (Å²) in [4.78, 5) is 72.9. The molecule has 2 aromatic carbocycles. The summed E-state index contributed by atoms with van der Waals surface area (Å²) in [6.45, 7) is 1.70. The van der Waals surface area contributed by atoms with Gasteiger partial charge in [-0.3, -0.25) is 28.3 Å². The van der Waals surface area contributed by atoms with Crippen molar-refractivity contribution in [1.82, 2.24) is 14.1 Å². The quantitative estimate of drug-likeness (QED) is 0.326. The van der Waals surface area contributed by atoms with Gasteiger partial charge in [0.15, 0.2) is 5.75 Å². The topological polar surface area (TPSA) is 151 Å². The van der Waals surface area contributed by atoms with Crippen molar-refractivity contribution < 1.29 is 23.8 Å². The summed E-state index contributed by atoms with van der Waals surface area (Å²) < 4.78 is 19.4. The number of aromatic amines is 1. The van der Waals surface area contributed by atoms with E-state index in [1.807, 2.05) is 0 Å². The molecule has 1 unspecified atom stereocenters. The molecule has 45 heavy (non-hydrogen) atoms. The third-order valence-corrected chi connectivity index (χ3v) is 9.53. The van der Waals surface area contributed by atoms with E-state index >= 15 is 4.79 Å². The van der Waals surface area contributed by atoms with Crippen LogP contribution < -0.4 is 36.3 Å². The molecule has 3 atom stereocenters. The Morgan fingerprint density at radius 1 is 0.978 bits per heavy atom.